The summed E-state index contributed by atoms with van der Waals surface area (Å²) in [5, 5.41) is 3.87. The van der Waals surface area contributed by atoms with Gasteiger partial charge in [0.05, 0.1) is 0 Å². The first-order chi connectivity index (χ1) is 6.85. The number of hydrogen-bond donors (Lipinski definition) is 1. The Morgan fingerprint density at radius 3 is 1.87 bits per heavy atom. The molecule has 0 atom stereocenters. The summed E-state index contributed by atoms with van der Waals surface area (Å²) in [6, 6.07) is 1.48. The van der Waals surface area contributed by atoms with Crippen LogP contribution >= 0.6 is 0 Å². The lowest BCUT2D eigenvalue weighted by Crippen LogP contribution is -2.43. The summed E-state index contributed by atoms with van der Waals surface area (Å²) < 4.78 is 0. The molecular weight excluding hydrogens is 184 g/mol. The monoisotopic (exact) mass is 210 g/mol. The van der Waals surface area contributed by atoms with Crippen LogP contribution in [0.2, 0.25) is 0 Å². The third-order valence-corrected chi connectivity index (χ3v) is 5.14. The van der Waals surface area contributed by atoms with Crippen LogP contribution in [0.1, 0.15) is 40.5 Å². The Hall–Kier alpha value is -0.0800. The topological polar surface area (TPSA) is 15.3 Å². The fraction of sp³-hybridized carbons (Fsp3) is 1.00. The number of piperidine rings is 1. The molecule has 0 radical (unpaired) electrons. The summed E-state index contributed by atoms with van der Waals surface area (Å²) in [6.45, 7) is 12.1. The maximum absolute atomic E-state index is 3.87. The highest BCUT2D eigenvalue weighted by Crippen LogP contribution is 2.62. The molecule has 0 aromatic carbocycles. The largest absolute Gasteiger partial charge is 0.310 e. The van der Waals surface area contributed by atoms with Crippen molar-refractivity contribution < 1.29 is 0 Å². The van der Waals surface area contributed by atoms with E-state index in [9.17, 15) is 0 Å². The van der Waals surface area contributed by atoms with E-state index in [4.69, 9.17) is 0 Å². The van der Waals surface area contributed by atoms with Crippen molar-refractivity contribution in [3.05, 3.63) is 0 Å². The van der Waals surface area contributed by atoms with Crippen LogP contribution in [-0.2, 0) is 0 Å². The van der Waals surface area contributed by atoms with Gasteiger partial charge in [-0.2, -0.15) is 0 Å². The number of rotatable bonds is 2. The van der Waals surface area contributed by atoms with E-state index in [1.165, 1.54) is 25.9 Å². The molecule has 0 unspecified atom stereocenters. The highest BCUT2D eigenvalue weighted by Gasteiger charge is 2.64. The van der Waals surface area contributed by atoms with Crippen LogP contribution in [0.5, 0.6) is 0 Å². The minimum Gasteiger partial charge on any atom is -0.310 e. The van der Waals surface area contributed by atoms with E-state index in [-0.39, 0.29) is 0 Å². The molecule has 2 rings (SSSR count). The fourth-order valence-electron chi connectivity index (χ4n) is 3.02. The Labute approximate surface area is 94.4 Å². The molecule has 0 spiro atoms. The second-order valence-electron chi connectivity index (χ2n) is 6.62. The average Bonchev–Trinajstić information content (AvgIpc) is 2.52. The molecule has 1 N–H and O–H groups in total. The summed E-state index contributed by atoms with van der Waals surface area (Å²) in [7, 11) is 2.22. The summed E-state index contributed by atoms with van der Waals surface area (Å²) in [5.41, 5.74) is 0.965. The summed E-state index contributed by atoms with van der Waals surface area (Å²) in [6.07, 6.45) is 2.64. The summed E-state index contributed by atoms with van der Waals surface area (Å²) in [5.74, 6) is 0. The molecule has 1 saturated carbocycles. The molecule has 2 nitrogen and oxygen atoms in total. The van der Waals surface area contributed by atoms with E-state index < -0.39 is 0 Å². The van der Waals surface area contributed by atoms with Crippen molar-refractivity contribution in [2.75, 3.05) is 20.1 Å². The van der Waals surface area contributed by atoms with Crippen LogP contribution in [0.15, 0.2) is 0 Å². The van der Waals surface area contributed by atoms with Gasteiger partial charge < -0.3 is 10.2 Å². The van der Waals surface area contributed by atoms with Gasteiger partial charge in [-0.15, -0.1) is 0 Å². The van der Waals surface area contributed by atoms with Gasteiger partial charge in [-0.05, 0) is 43.8 Å². The van der Waals surface area contributed by atoms with Gasteiger partial charge in [-0.3, -0.25) is 0 Å². The lowest BCUT2D eigenvalue weighted by molar-refractivity contribution is 0.229. The molecule has 1 aliphatic carbocycles. The Bertz CT molecular complexity index is 223. The minimum absolute atomic E-state index is 0.482. The van der Waals surface area contributed by atoms with Crippen molar-refractivity contribution in [3.8, 4) is 0 Å². The summed E-state index contributed by atoms with van der Waals surface area (Å²) in [4.78, 5) is 2.43. The third-order valence-electron chi connectivity index (χ3n) is 5.14. The fourth-order valence-corrected chi connectivity index (χ4v) is 3.02. The summed E-state index contributed by atoms with van der Waals surface area (Å²) >= 11 is 0. The van der Waals surface area contributed by atoms with Crippen molar-refractivity contribution in [1.29, 1.82) is 0 Å². The molecule has 2 aliphatic rings. The van der Waals surface area contributed by atoms with Gasteiger partial charge in [-0.1, -0.05) is 27.7 Å². The predicted octanol–water partition coefficient (Wildman–Crippen LogP) is 2.10. The molecule has 0 aromatic rings. The van der Waals surface area contributed by atoms with Crippen molar-refractivity contribution >= 4 is 0 Å². The van der Waals surface area contributed by atoms with Gasteiger partial charge in [0.1, 0.15) is 0 Å². The smallest absolute Gasteiger partial charge is 0.0183 e. The quantitative estimate of drug-likeness (QED) is 0.751. The molecule has 88 valence electrons. The number of nitrogens with zero attached hydrogens (tertiary/aromatic N) is 1. The number of nitrogens with one attached hydrogen (secondary N) is 1. The normalized spacial score (nSPS) is 31.8. The van der Waals surface area contributed by atoms with Crippen molar-refractivity contribution in [2.24, 2.45) is 10.8 Å². The van der Waals surface area contributed by atoms with E-state index in [1.807, 2.05) is 0 Å². The third kappa shape index (κ3) is 1.83. The van der Waals surface area contributed by atoms with Crippen LogP contribution in [0.25, 0.3) is 0 Å². The lowest BCUT2D eigenvalue weighted by Gasteiger charge is -2.30. The Balaban J connectivity index is 1.85. The van der Waals surface area contributed by atoms with E-state index in [0.29, 0.717) is 10.8 Å². The number of hydrogen-bond acceptors (Lipinski definition) is 2. The predicted molar refractivity (Wildman–Crippen MR) is 65.0 cm³/mol. The van der Waals surface area contributed by atoms with Gasteiger partial charge in [-0.25, -0.2) is 0 Å². The molecule has 2 heteroatoms. The van der Waals surface area contributed by atoms with E-state index in [1.54, 1.807) is 0 Å². The molecule has 15 heavy (non-hydrogen) atoms. The van der Waals surface area contributed by atoms with Crippen LogP contribution in [0, 0.1) is 10.8 Å². The van der Waals surface area contributed by atoms with Crippen LogP contribution in [-0.4, -0.2) is 37.1 Å². The molecule has 0 aromatic heterocycles. The average molecular weight is 210 g/mol. The van der Waals surface area contributed by atoms with Crippen molar-refractivity contribution in [3.63, 3.8) is 0 Å². The lowest BCUT2D eigenvalue weighted by atomic mass is 10.0. The van der Waals surface area contributed by atoms with Crippen LogP contribution < -0.4 is 5.32 Å². The molecule has 0 amide bonds. The second kappa shape index (κ2) is 3.46. The SMILES string of the molecule is CN1CCC(NC2C(C)(C)C2(C)C)CC1. The maximum atomic E-state index is 3.87. The zero-order chi connectivity index (χ0) is 11.3. The van der Waals surface area contributed by atoms with Crippen LogP contribution in [0.4, 0.5) is 0 Å². The molecule has 2 fully saturated rings. The first kappa shape index (κ1) is 11.4. The zero-order valence-electron chi connectivity index (χ0n) is 10.9. The van der Waals surface area contributed by atoms with E-state index in [2.05, 4.69) is 45.0 Å². The van der Waals surface area contributed by atoms with E-state index >= 15 is 0 Å². The first-order valence-electron chi connectivity index (χ1n) is 6.30. The van der Waals surface area contributed by atoms with Gasteiger partial charge in [0.25, 0.3) is 0 Å². The van der Waals surface area contributed by atoms with Gasteiger partial charge in [0.2, 0.25) is 0 Å². The molecule has 1 heterocycles. The Kier molecular flexibility index (Phi) is 2.63. The van der Waals surface area contributed by atoms with Crippen molar-refractivity contribution in [1.82, 2.24) is 10.2 Å². The highest BCUT2D eigenvalue weighted by molar-refractivity contribution is 5.18. The van der Waals surface area contributed by atoms with Gasteiger partial charge in [0.15, 0.2) is 0 Å². The minimum atomic E-state index is 0.482. The molecular formula is C13H26N2. The Morgan fingerprint density at radius 2 is 1.47 bits per heavy atom. The standard InChI is InChI=1S/C13H26N2/c1-12(2)11(13(12,3)4)14-10-6-8-15(5)9-7-10/h10-11,14H,6-9H2,1-5H3. The van der Waals surface area contributed by atoms with Crippen molar-refractivity contribution in [2.45, 2.75) is 52.6 Å². The van der Waals surface area contributed by atoms with E-state index in [0.717, 1.165) is 12.1 Å². The molecule has 1 saturated heterocycles. The maximum Gasteiger partial charge on any atom is 0.0183 e. The molecule has 0 bridgehead atoms. The Morgan fingerprint density at radius 1 is 1.00 bits per heavy atom. The zero-order valence-corrected chi connectivity index (χ0v) is 10.9. The van der Waals surface area contributed by atoms with Gasteiger partial charge in [0, 0.05) is 12.1 Å². The highest BCUT2D eigenvalue weighted by atomic mass is 15.1. The number of likely N-dealkylation sites (tertiary alicyclic amines) is 1. The second-order valence-corrected chi connectivity index (χ2v) is 6.62. The van der Waals surface area contributed by atoms with Crippen LogP contribution in [0.3, 0.4) is 0 Å². The van der Waals surface area contributed by atoms with Gasteiger partial charge >= 0.3 is 0 Å². The molecule has 1 aliphatic heterocycles. The first-order valence-corrected chi connectivity index (χ1v) is 6.30.